The highest BCUT2D eigenvalue weighted by Gasteiger charge is 2.74. The lowest BCUT2D eigenvalue weighted by molar-refractivity contribution is -0.278. The number of hydrogen-bond donors (Lipinski definition) is 1. The molecule has 1 heterocycles. The van der Waals surface area contributed by atoms with E-state index >= 15 is 0 Å². The zero-order chi connectivity index (χ0) is 9.81. The molecular weight excluding hydrogens is 206 g/mol. The molecule has 4 nitrogen and oxygen atoms in total. The molecule has 0 spiro atoms. The summed E-state index contributed by atoms with van der Waals surface area (Å²) in [7, 11) is 0. The second-order valence-electron chi connectivity index (χ2n) is 4.64. The first kappa shape index (κ1) is 8.95. The fraction of sp³-hybridized carbons (Fsp3) is 0.889. The summed E-state index contributed by atoms with van der Waals surface area (Å²) < 4.78 is 11.0. The van der Waals surface area contributed by atoms with Gasteiger partial charge in [-0.1, -0.05) is 16.8 Å². The van der Waals surface area contributed by atoms with E-state index in [0.717, 1.165) is 19.3 Å². The molecule has 0 aromatic carbocycles. The second kappa shape index (κ2) is 2.62. The minimum Gasteiger partial charge on any atom is -0.410 e. The lowest BCUT2D eigenvalue weighted by Gasteiger charge is -2.70. The first-order valence-corrected chi connectivity index (χ1v) is 5.20. The van der Waals surface area contributed by atoms with Gasteiger partial charge in [0.25, 0.3) is 0 Å². The van der Waals surface area contributed by atoms with Gasteiger partial charge in [0.05, 0.1) is 13.2 Å². The highest BCUT2D eigenvalue weighted by atomic mass is 35.5. The Morgan fingerprint density at radius 1 is 1.29 bits per heavy atom. The van der Waals surface area contributed by atoms with Crippen LogP contribution >= 0.6 is 11.6 Å². The monoisotopic (exact) mass is 217 g/mol. The molecule has 4 rings (SSSR count). The summed E-state index contributed by atoms with van der Waals surface area (Å²) in [5.74, 6) is 0. The molecule has 3 aliphatic carbocycles. The van der Waals surface area contributed by atoms with Gasteiger partial charge in [0.15, 0.2) is 11.5 Å². The Morgan fingerprint density at radius 2 is 1.86 bits per heavy atom. The Hall–Kier alpha value is -0.320. The summed E-state index contributed by atoms with van der Waals surface area (Å²) in [6.07, 6.45) is 2.77. The van der Waals surface area contributed by atoms with Gasteiger partial charge in [-0.15, -0.1) is 0 Å². The van der Waals surface area contributed by atoms with Crippen LogP contribution in [0.25, 0.3) is 0 Å². The molecule has 3 saturated carbocycles. The maximum Gasteiger partial charge on any atom is 0.163 e. The van der Waals surface area contributed by atoms with Crippen LogP contribution in [0.4, 0.5) is 0 Å². The Kier molecular flexibility index (Phi) is 1.68. The van der Waals surface area contributed by atoms with Crippen molar-refractivity contribution < 1.29 is 14.7 Å². The quantitative estimate of drug-likeness (QED) is 0.434. The van der Waals surface area contributed by atoms with Crippen molar-refractivity contribution in [2.24, 2.45) is 16.0 Å². The van der Waals surface area contributed by atoms with Crippen molar-refractivity contribution in [3.63, 3.8) is 0 Å². The number of ether oxygens (including phenoxy) is 2. The van der Waals surface area contributed by atoms with E-state index in [9.17, 15) is 0 Å². The standard InChI is InChI=1S/C9H12ClNO3/c10-6(11-12)8-3-9(4-8,5-8)7-13-1-2-14-7/h7,12H,1-5H2/b11-6-. The van der Waals surface area contributed by atoms with Crippen molar-refractivity contribution in [2.75, 3.05) is 13.2 Å². The number of hydrogen-bond acceptors (Lipinski definition) is 4. The Bertz CT molecular complexity index is 279. The Morgan fingerprint density at radius 3 is 2.36 bits per heavy atom. The number of oxime groups is 1. The number of halogens is 1. The van der Waals surface area contributed by atoms with Crippen LogP contribution in [-0.2, 0) is 9.47 Å². The van der Waals surface area contributed by atoms with Gasteiger partial charge in [0.1, 0.15) is 0 Å². The molecule has 1 N–H and O–H groups in total. The lowest BCUT2D eigenvalue weighted by atomic mass is 9.35. The topological polar surface area (TPSA) is 51.1 Å². The Balaban J connectivity index is 1.68. The molecule has 2 bridgehead atoms. The smallest absolute Gasteiger partial charge is 0.163 e. The van der Waals surface area contributed by atoms with Crippen molar-refractivity contribution >= 4 is 16.8 Å². The van der Waals surface area contributed by atoms with Gasteiger partial charge in [-0.05, 0) is 19.3 Å². The predicted octanol–water partition coefficient (Wildman–Crippen LogP) is 1.56. The van der Waals surface area contributed by atoms with Crippen LogP contribution in [0.2, 0.25) is 0 Å². The summed E-state index contributed by atoms with van der Waals surface area (Å²) in [6.45, 7) is 1.39. The molecule has 1 aliphatic heterocycles. The molecule has 0 aromatic rings. The van der Waals surface area contributed by atoms with Gasteiger partial charge in [-0.3, -0.25) is 0 Å². The maximum absolute atomic E-state index is 8.60. The van der Waals surface area contributed by atoms with Crippen LogP contribution in [0.1, 0.15) is 19.3 Å². The summed E-state index contributed by atoms with van der Waals surface area (Å²) in [5.41, 5.74) is 0.118. The molecule has 5 heteroatoms. The van der Waals surface area contributed by atoms with Gasteiger partial charge < -0.3 is 14.7 Å². The molecule has 0 unspecified atom stereocenters. The van der Waals surface area contributed by atoms with Crippen molar-refractivity contribution in [3.8, 4) is 0 Å². The first-order valence-electron chi connectivity index (χ1n) is 4.82. The van der Waals surface area contributed by atoms with Crippen molar-refractivity contribution in [1.29, 1.82) is 0 Å². The highest BCUT2D eigenvalue weighted by Crippen LogP contribution is 2.76. The largest absolute Gasteiger partial charge is 0.410 e. The SMILES string of the molecule is O/N=C(\Cl)C12CC(C3OCCO3)(C1)C2. The van der Waals surface area contributed by atoms with Crippen molar-refractivity contribution in [3.05, 3.63) is 0 Å². The van der Waals surface area contributed by atoms with Crippen LogP contribution in [0.3, 0.4) is 0 Å². The van der Waals surface area contributed by atoms with Gasteiger partial charge in [0, 0.05) is 10.8 Å². The zero-order valence-corrected chi connectivity index (χ0v) is 8.46. The summed E-state index contributed by atoms with van der Waals surface area (Å²) in [6, 6.07) is 0. The van der Waals surface area contributed by atoms with Crippen LogP contribution in [0, 0.1) is 10.8 Å². The molecule has 78 valence electrons. The van der Waals surface area contributed by atoms with Crippen molar-refractivity contribution in [1.82, 2.24) is 0 Å². The molecular formula is C9H12ClNO3. The molecule has 4 fully saturated rings. The minimum atomic E-state index is -0.0500. The van der Waals surface area contributed by atoms with Gasteiger partial charge in [-0.25, -0.2) is 0 Å². The second-order valence-corrected chi connectivity index (χ2v) is 5.00. The van der Waals surface area contributed by atoms with Gasteiger partial charge in [-0.2, -0.15) is 0 Å². The molecule has 0 aromatic heterocycles. The van der Waals surface area contributed by atoms with E-state index in [2.05, 4.69) is 5.16 Å². The fourth-order valence-electron chi connectivity index (χ4n) is 3.15. The number of nitrogens with zero attached hydrogens (tertiary/aromatic N) is 1. The molecule has 14 heavy (non-hydrogen) atoms. The van der Waals surface area contributed by atoms with Crippen LogP contribution in [-0.4, -0.2) is 29.9 Å². The van der Waals surface area contributed by atoms with Crippen LogP contribution in [0.5, 0.6) is 0 Å². The van der Waals surface area contributed by atoms with E-state index < -0.39 is 0 Å². The third kappa shape index (κ3) is 0.890. The fourth-order valence-corrected chi connectivity index (χ4v) is 3.35. The van der Waals surface area contributed by atoms with E-state index in [-0.39, 0.29) is 17.1 Å². The predicted molar refractivity (Wildman–Crippen MR) is 49.5 cm³/mol. The van der Waals surface area contributed by atoms with Gasteiger partial charge in [0.2, 0.25) is 0 Å². The molecule has 1 saturated heterocycles. The maximum atomic E-state index is 8.60. The summed E-state index contributed by atoms with van der Waals surface area (Å²) in [5, 5.41) is 12.0. The molecule has 4 aliphatic rings. The first-order chi connectivity index (χ1) is 6.71. The van der Waals surface area contributed by atoms with Gasteiger partial charge >= 0.3 is 0 Å². The van der Waals surface area contributed by atoms with E-state index in [4.69, 9.17) is 26.3 Å². The number of rotatable bonds is 2. The summed E-state index contributed by atoms with van der Waals surface area (Å²) >= 11 is 5.83. The normalized spacial score (nSPS) is 47.4. The zero-order valence-electron chi connectivity index (χ0n) is 7.70. The molecule has 0 atom stereocenters. The van der Waals surface area contributed by atoms with E-state index in [0.29, 0.717) is 18.4 Å². The average Bonchev–Trinajstić information content (AvgIpc) is 2.52. The van der Waals surface area contributed by atoms with Crippen LogP contribution in [0.15, 0.2) is 5.16 Å². The van der Waals surface area contributed by atoms with E-state index in [1.54, 1.807) is 0 Å². The third-order valence-corrected chi connectivity index (χ3v) is 4.20. The highest BCUT2D eigenvalue weighted by molar-refractivity contribution is 6.66. The molecule has 0 radical (unpaired) electrons. The minimum absolute atomic E-state index is 0.0486. The van der Waals surface area contributed by atoms with Crippen LogP contribution < -0.4 is 0 Å². The average molecular weight is 218 g/mol. The third-order valence-electron chi connectivity index (χ3n) is 3.72. The lowest BCUT2D eigenvalue weighted by Crippen LogP contribution is -2.69. The Labute approximate surface area is 86.8 Å². The van der Waals surface area contributed by atoms with E-state index in [1.807, 2.05) is 0 Å². The van der Waals surface area contributed by atoms with Crippen molar-refractivity contribution in [2.45, 2.75) is 25.6 Å². The molecule has 0 amide bonds. The van der Waals surface area contributed by atoms with E-state index in [1.165, 1.54) is 0 Å². The summed E-state index contributed by atoms with van der Waals surface area (Å²) in [4.78, 5) is 0.